The van der Waals surface area contributed by atoms with Crippen LogP contribution < -0.4 is 10.2 Å². The Hall–Kier alpha value is -1.81. The maximum Gasteiger partial charge on any atom is 0.277 e. The van der Waals surface area contributed by atoms with Crippen LogP contribution in [0.2, 0.25) is 5.02 Å². The van der Waals surface area contributed by atoms with Crippen molar-refractivity contribution in [1.82, 2.24) is 5.43 Å². The van der Waals surface area contributed by atoms with Crippen LogP contribution in [0, 0.1) is 11.8 Å². The zero-order valence-electron chi connectivity index (χ0n) is 10.9. The molecule has 2 aliphatic rings. The van der Waals surface area contributed by atoms with Crippen LogP contribution in [0.25, 0.3) is 0 Å². The van der Waals surface area contributed by atoms with Crippen LogP contribution in [0.4, 0.5) is 0 Å². The van der Waals surface area contributed by atoms with Gasteiger partial charge in [0.2, 0.25) is 0 Å². The van der Waals surface area contributed by atoms with E-state index in [0.29, 0.717) is 22.6 Å². The van der Waals surface area contributed by atoms with Crippen molar-refractivity contribution in [2.45, 2.75) is 12.8 Å². The number of amides is 1. The number of allylic oxidation sites excluding steroid dienone is 2. The van der Waals surface area contributed by atoms with Crippen LogP contribution in [0.3, 0.4) is 0 Å². The number of benzene rings is 1. The second-order valence-corrected chi connectivity index (χ2v) is 5.46. The van der Waals surface area contributed by atoms with Crippen molar-refractivity contribution in [3.05, 3.63) is 41.4 Å². The van der Waals surface area contributed by atoms with Gasteiger partial charge in [0.15, 0.2) is 6.61 Å². The molecule has 0 heterocycles. The van der Waals surface area contributed by atoms with Crippen LogP contribution in [0.15, 0.2) is 41.5 Å². The van der Waals surface area contributed by atoms with Gasteiger partial charge < -0.3 is 4.74 Å². The first-order chi connectivity index (χ1) is 9.72. The molecule has 4 nitrogen and oxygen atoms in total. The molecule has 1 fully saturated rings. The fraction of sp³-hybridized carbons (Fsp3) is 0.333. The lowest BCUT2D eigenvalue weighted by Crippen LogP contribution is -2.36. The Morgan fingerprint density at radius 3 is 2.95 bits per heavy atom. The Kier molecular flexibility index (Phi) is 3.74. The van der Waals surface area contributed by atoms with Crippen LogP contribution in [0.5, 0.6) is 5.75 Å². The molecule has 1 saturated carbocycles. The van der Waals surface area contributed by atoms with Crippen molar-refractivity contribution in [3.8, 4) is 5.75 Å². The number of halogens is 1. The molecule has 1 N–H and O–H groups in total. The van der Waals surface area contributed by atoms with Crippen molar-refractivity contribution in [1.29, 1.82) is 0 Å². The van der Waals surface area contributed by atoms with Crippen molar-refractivity contribution in [2.75, 3.05) is 6.61 Å². The summed E-state index contributed by atoms with van der Waals surface area (Å²) in [6.45, 7) is -0.0508. The maximum atomic E-state index is 11.6. The molecule has 0 spiro atoms. The summed E-state index contributed by atoms with van der Waals surface area (Å²) in [4.78, 5) is 11.6. The summed E-state index contributed by atoms with van der Waals surface area (Å²) in [5.74, 6) is 1.51. The van der Waals surface area contributed by atoms with E-state index in [1.54, 1.807) is 24.3 Å². The van der Waals surface area contributed by atoms with E-state index in [9.17, 15) is 4.79 Å². The summed E-state index contributed by atoms with van der Waals surface area (Å²) in [6, 6.07) is 6.89. The summed E-state index contributed by atoms with van der Waals surface area (Å²) in [5, 5.41) is 4.81. The van der Waals surface area contributed by atoms with E-state index >= 15 is 0 Å². The number of carbonyl (C=O) groups is 1. The quantitative estimate of drug-likeness (QED) is 0.685. The molecule has 1 aromatic rings. The van der Waals surface area contributed by atoms with Crippen molar-refractivity contribution in [3.63, 3.8) is 0 Å². The molecule has 1 amide bonds. The minimum atomic E-state index is -0.248. The van der Waals surface area contributed by atoms with Crippen molar-refractivity contribution < 1.29 is 9.53 Å². The molecule has 2 aliphatic carbocycles. The molecule has 0 radical (unpaired) electrons. The highest BCUT2D eigenvalue weighted by molar-refractivity contribution is 6.30. The molecule has 104 valence electrons. The van der Waals surface area contributed by atoms with Crippen LogP contribution in [-0.4, -0.2) is 18.2 Å². The Morgan fingerprint density at radius 2 is 2.20 bits per heavy atom. The Bertz CT molecular complexity index is 566. The lowest BCUT2D eigenvalue weighted by Gasteiger charge is -2.31. The van der Waals surface area contributed by atoms with Gasteiger partial charge in [-0.25, -0.2) is 5.43 Å². The predicted molar refractivity (Wildman–Crippen MR) is 77.9 cm³/mol. The number of nitrogens with one attached hydrogen (secondary N) is 1. The SMILES string of the molecule is O=C(COc1ccc(Cl)cc1)NN=C1CC2C=CCC12. The summed E-state index contributed by atoms with van der Waals surface area (Å²) in [6.07, 6.45) is 6.42. The molecule has 20 heavy (non-hydrogen) atoms. The first-order valence-corrected chi connectivity index (χ1v) is 7.00. The van der Waals surface area contributed by atoms with E-state index < -0.39 is 0 Å². The standard InChI is InChI=1S/C15H15ClN2O2/c16-11-4-6-12(7-5-11)20-9-15(19)18-17-14-8-10-2-1-3-13(10)14/h1-2,4-7,10,13H,3,8-9H2,(H,18,19). The van der Waals surface area contributed by atoms with Gasteiger partial charge >= 0.3 is 0 Å². The molecule has 5 heteroatoms. The zero-order chi connectivity index (χ0) is 13.9. The molecule has 0 aromatic heterocycles. The van der Waals surface area contributed by atoms with Gasteiger partial charge in [0.1, 0.15) is 5.75 Å². The molecule has 0 bridgehead atoms. The van der Waals surface area contributed by atoms with Crippen molar-refractivity contribution in [2.24, 2.45) is 16.9 Å². The number of carbonyl (C=O) groups excluding carboxylic acids is 1. The van der Waals surface area contributed by atoms with Gasteiger partial charge in [-0.3, -0.25) is 4.79 Å². The zero-order valence-corrected chi connectivity index (χ0v) is 11.6. The number of hydrogen-bond donors (Lipinski definition) is 1. The highest BCUT2D eigenvalue weighted by Gasteiger charge is 2.37. The Labute approximate surface area is 122 Å². The van der Waals surface area contributed by atoms with E-state index in [1.807, 2.05) is 0 Å². The van der Waals surface area contributed by atoms with Gasteiger partial charge in [-0.05, 0) is 43.0 Å². The maximum absolute atomic E-state index is 11.6. The molecule has 0 saturated heterocycles. The van der Waals surface area contributed by atoms with Crippen LogP contribution >= 0.6 is 11.6 Å². The highest BCUT2D eigenvalue weighted by atomic mass is 35.5. The number of nitrogens with zero attached hydrogens (tertiary/aromatic N) is 1. The third-order valence-electron chi connectivity index (χ3n) is 3.67. The predicted octanol–water partition coefficient (Wildman–Crippen LogP) is 2.79. The van der Waals surface area contributed by atoms with Crippen molar-refractivity contribution >= 4 is 23.2 Å². The molecule has 0 aliphatic heterocycles. The average Bonchev–Trinajstić information content (AvgIpc) is 2.80. The summed E-state index contributed by atoms with van der Waals surface area (Å²) in [5.41, 5.74) is 3.63. The van der Waals surface area contributed by atoms with E-state index in [2.05, 4.69) is 22.7 Å². The minimum Gasteiger partial charge on any atom is -0.484 e. The number of hydrazone groups is 1. The number of fused-ring (bicyclic) bond motifs is 1. The first kappa shape index (κ1) is 13.2. The van der Waals surface area contributed by atoms with E-state index in [0.717, 1.165) is 18.6 Å². The highest BCUT2D eigenvalue weighted by Crippen LogP contribution is 2.39. The summed E-state index contributed by atoms with van der Waals surface area (Å²) >= 11 is 5.77. The molecule has 2 atom stereocenters. The molecule has 3 rings (SSSR count). The monoisotopic (exact) mass is 290 g/mol. The fourth-order valence-corrected chi connectivity index (χ4v) is 2.64. The minimum absolute atomic E-state index is 0.0508. The summed E-state index contributed by atoms with van der Waals surface area (Å²) < 4.78 is 5.34. The van der Waals surface area contributed by atoms with Gasteiger partial charge in [0.25, 0.3) is 5.91 Å². The molecular formula is C15H15ClN2O2. The number of hydrogen-bond acceptors (Lipinski definition) is 3. The van der Waals surface area contributed by atoms with Gasteiger partial charge in [0, 0.05) is 16.7 Å². The average molecular weight is 291 g/mol. The Morgan fingerprint density at radius 1 is 1.40 bits per heavy atom. The molecule has 1 aromatic carbocycles. The summed E-state index contributed by atoms with van der Waals surface area (Å²) in [7, 11) is 0. The first-order valence-electron chi connectivity index (χ1n) is 6.63. The van der Waals surface area contributed by atoms with Gasteiger partial charge in [0.05, 0.1) is 0 Å². The van der Waals surface area contributed by atoms with E-state index in [4.69, 9.17) is 16.3 Å². The lowest BCUT2D eigenvalue weighted by molar-refractivity contribution is -0.123. The smallest absolute Gasteiger partial charge is 0.277 e. The topological polar surface area (TPSA) is 50.7 Å². The number of rotatable bonds is 4. The van der Waals surface area contributed by atoms with Gasteiger partial charge in [-0.15, -0.1) is 0 Å². The van der Waals surface area contributed by atoms with E-state index in [-0.39, 0.29) is 12.5 Å². The van der Waals surface area contributed by atoms with Crippen LogP contribution in [0.1, 0.15) is 12.8 Å². The van der Waals surface area contributed by atoms with Gasteiger partial charge in [-0.1, -0.05) is 23.8 Å². The molecule has 2 unspecified atom stereocenters. The second-order valence-electron chi connectivity index (χ2n) is 5.02. The van der Waals surface area contributed by atoms with Gasteiger partial charge in [-0.2, -0.15) is 5.10 Å². The van der Waals surface area contributed by atoms with Crippen LogP contribution in [-0.2, 0) is 4.79 Å². The Balaban J connectivity index is 1.44. The largest absolute Gasteiger partial charge is 0.484 e. The third-order valence-corrected chi connectivity index (χ3v) is 3.92. The normalized spacial score (nSPS) is 25.1. The molecular weight excluding hydrogens is 276 g/mol. The second kappa shape index (κ2) is 5.67. The fourth-order valence-electron chi connectivity index (χ4n) is 2.51. The number of ether oxygens (including phenoxy) is 1. The third kappa shape index (κ3) is 2.85. The lowest BCUT2D eigenvalue weighted by atomic mass is 9.74. The van der Waals surface area contributed by atoms with E-state index in [1.165, 1.54) is 0 Å².